The molecule has 1 amide bonds. The fourth-order valence-electron chi connectivity index (χ4n) is 2.39. The number of thiazole rings is 1. The number of nitrogens with zero attached hydrogens (tertiary/aromatic N) is 4. The van der Waals surface area contributed by atoms with E-state index < -0.39 is 0 Å². The SMILES string of the molecule is CCn1c(SC(C)C(=O)Nc2nccs2)nnc1-c1ccccc1C. The van der Waals surface area contributed by atoms with E-state index in [0.717, 1.165) is 28.7 Å². The number of hydrogen-bond donors (Lipinski definition) is 1. The van der Waals surface area contributed by atoms with Crippen LogP contribution in [0.1, 0.15) is 19.4 Å². The summed E-state index contributed by atoms with van der Waals surface area (Å²) in [5.41, 5.74) is 2.21. The summed E-state index contributed by atoms with van der Waals surface area (Å²) >= 11 is 2.80. The van der Waals surface area contributed by atoms with Gasteiger partial charge in [-0.1, -0.05) is 36.0 Å². The van der Waals surface area contributed by atoms with Crippen molar-refractivity contribution in [2.75, 3.05) is 5.32 Å². The highest BCUT2D eigenvalue weighted by atomic mass is 32.2. The highest BCUT2D eigenvalue weighted by molar-refractivity contribution is 8.00. The van der Waals surface area contributed by atoms with Crippen LogP contribution in [0.5, 0.6) is 0 Å². The van der Waals surface area contributed by atoms with Crippen LogP contribution in [0.3, 0.4) is 0 Å². The lowest BCUT2D eigenvalue weighted by Gasteiger charge is -2.12. The fourth-order valence-corrected chi connectivity index (χ4v) is 3.83. The van der Waals surface area contributed by atoms with Crippen molar-refractivity contribution in [2.24, 2.45) is 0 Å². The average Bonchev–Trinajstić information content (AvgIpc) is 3.24. The van der Waals surface area contributed by atoms with Crippen LogP contribution >= 0.6 is 23.1 Å². The first-order chi connectivity index (χ1) is 12.1. The zero-order valence-electron chi connectivity index (χ0n) is 14.3. The molecule has 0 saturated heterocycles. The van der Waals surface area contributed by atoms with E-state index >= 15 is 0 Å². The highest BCUT2D eigenvalue weighted by Gasteiger charge is 2.21. The first-order valence-electron chi connectivity index (χ1n) is 7.96. The van der Waals surface area contributed by atoms with Gasteiger partial charge in [0.2, 0.25) is 5.91 Å². The quantitative estimate of drug-likeness (QED) is 0.665. The molecule has 0 aliphatic rings. The van der Waals surface area contributed by atoms with Gasteiger partial charge in [0.25, 0.3) is 0 Å². The number of anilines is 1. The topological polar surface area (TPSA) is 72.7 Å². The minimum atomic E-state index is -0.303. The third-order valence-corrected chi connectivity index (χ3v) is 5.50. The van der Waals surface area contributed by atoms with Gasteiger partial charge in [0.05, 0.1) is 5.25 Å². The lowest BCUT2D eigenvalue weighted by molar-refractivity contribution is -0.115. The molecule has 1 atom stereocenters. The van der Waals surface area contributed by atoms with Crippen LogP contribution in [0.4, 0.5) is 5.13 Å². The van der Waals surface area contributed by atoms with Crippen LogP contribution in [-0.4, -0.2) is 30.9 Å². The summed E-state index contributed by atoms with van der Waals surface area (Å²) < 4.78 is 2.04. The minimum Gasteiger partial charge on any atom is -0.302 e. The Balaban J connectivity index is 1.79. The molecule has 1 aromatic carbocycles. The van der Waals surface area contributed by atoms with Gasteiger partial charge in [-0.2, -0.15) is 0 Å². The first-order valence-corrected chi connectivity index (χ1v) is 9.72. The molecule has 1 N–H and O–H groups in total. The minimum absolute atomic E-state index is 0.0944. The number of rotatable bonds is 6. The van der Waals surface area contributed by atoms with Crippen molar-refractivity contribution in [1.82, 2.24) is 19.7 Å². The molecule has 0 bridgehead atoms. The number of benzene rings is 1. The van der Waals surface area contributed by atoms with E-state index in [-0.39, 0.29) is 11.2 Å². The van der Waals surface area contributed by atoms with Crippen LogP contribution in [0.2, 0.25) is 0 Å². The number of carbonyl (C=O) groups excluding carboxylic acids is 1. The van der Waals surface area contributed by atoms with Gasteiger partial charge in [-0.25, -0.2) is 4.98 Å². The molecule has 130 valence electrons. The summed E-state index contributed by atoms with van der Waals surface area (Å²) in [6.07, 6.45) is 1.67. The van der Waals surface area contributed by atoms with Crippen molar-refractivity contribution in [2.45, 2.75) is 37.7 Å². The fraction of sp³-hybridized carbons (Fsp3) is 0.294. The van der Waals surface area contributed by atoms with Gasteiger partial charge in [0.1, 0.15) is 0 Å². The molecule has 0 aliphatic carbocycles. The predicted molar refractivity (Wildman–Crippen MR) is 102 cm³/mol. The van der Waals surface area contributed by atoms with Crippen molar-refractivity contribution in [3.05, 3.63) is 41.4 Å². The molecule has 6 nitrogen and oxygen atoms in total. The van der Waals surface area contributed by atoms with E-state index in [1.54, 1.807) is 6.20 Å². The Kier molecular flexibility index (Phi) is 5.50. The maximum Gasteiger partial charge on any atom is 0.239 e. The molecule has 1 unspecified atom stereocenters. The molecule has 25 heavy (non-hydrogen) atoms. The number of nitrogens with one attached hydrogen (secondary N) is 1. The van der Waals surface area contributed by atoms with Crippen molar-refractivity contribution < 1.29 is 4.79 Å². The van der Waals surface area contributed by atoms with Gasteiger partial charge in [-0.3, -0.25) is 4.79 Å². The first kappa shape index (κ1) is 17.6. The van der Waals surface area contributed by atoms with Gasteiger partial charge >= 0.3 is 0 Å². The summed E-state index contributed by atoms with van der Waals surface area (Å²) in [6, 6.07) is 8.10. The predicted octanol–water partition coefficient (Wildman–Crippen LogP) is 3.85. The normalized spacial score (nSPS) is 12.1. The molecular formula is C17H19N5OS2. The second-order valence-electron chi connectivity index (χ2n) is 5.45. The summed E-state index contributed by atoms with van der Waals surface area (Å²) in [6.45, 7) is 6.70. The number of amides is 1. The van der Waals surface area contributed by atoms with Crippen LogP contribution in [0.25, 0.3) is 11.4 Å². The molecule has 3 aromatic rings. The van der Waals surface area contributed by atoms with Crippen LogP contribution in [-0.2, 0) is 11.3 Å². The Labute approximate surface area is 154 Å². The largest absolute Gasteiger partial charge is 0.302 e. The molecule has 0 radical (unpaired) electrons. The van der Waals surface area contributed by atoms with E-state index in [9.17, 15) is 4.79 Å². The van der Waals surface area contributed by atoms with Gasteiger partial charge < -0.3 is 9.88 Å². The molecule has 0 spiro atoms. The standard InChI is InChI=1S/C17H19N5OS2/c1-4-22-14(13-8-6-5-7-11(13)2)20-21-17(22)25-12(3)15(23)19-16-18-9-10-24-16/h5-10,12H,4H2,1-3H3,(H,18,19,23). The number of thioether (sulfide) groups is 1. The summed E-state index contributed by atoms with van der Waals surface area (Å²) in [7, 11) is 0. The Morgan fingerprint density at radius 2 is 2.16 bits per heavy atom. The molecule has 3 rings (SSSR count). The van der Waals surface area contributed by atoms with E-state index in [1.165, 1.54) is 23.1 Å². The van der Waals surface area contributed by atoms with Gasteiger partial charge in [0.15, 0.2) is 16.1 Å². The van der Waals surface area contributed by atoms with Crippen molar-refractivity contribution in [3.8, 4) is 11.4 Å². The second-order valence-corrected chi connectivity index (χ2v) is 7.65. The lowest BCUT2D eigenvalue weighted by atomic mass is 10.1. The number of hydrogen-bond acceptors (Lipinski definition) is 6. The number of aryl methyl sites for hydroxylation is 1. The maximum atomic E-state index is 12.3. The molecular weight excluding hydrogens is 354 g/mol. The Morgan fingerprint density at radius 1 is 1.36 bits per heavy atom. The van der Waals surface area contributed by atoms with E-state index in [1.807, 2.05) is 35.1 Å². The Bertz CT molecular complexity index is 860. The monoisotopic (exact) mass is 373 g/mol. The van der Waals surface area contributed by atoms with Crippen molar-refractivity contribution in [1.29, 1.82) is 0 Å². The van der Waals surface area contributed by atoms with Crippen molar-refractivity contribution >= 4 is 34.1 Å². The summed E-state index contributed by atoms with van der Waals surface area (Å²) in [5, 5.41) is 14.4. The molecule has 0 fully saturated rings. The van der Waals surface area contributed by atoms with Gasteiger partial charge in [-0.15, -0.1) is 21.5 Å². The molecule has 0 aliphatic heterocycles. The zero-order chi connectivity index (χ0) is 17.8. The zero-order valence-corrected chi connectivity index (χ0v) is 15.9. The average molecular weight is 374 g/mol. The third kappa shape index (κ3) is 3.91. The Morgan fingerprint density at radius 3 is 2.84 bits per heavy atom. The Hall–Kier alpha value is -2.19. The van der Waals surface area contributed by atoms with E-state index in [0.29, 0.717) is 5.13 Å². The van der Waals surface area contributed by atoms with Crippen LogP contribution in [0.15, 0.2) is 41.0 Å². The molecule has 2 aromatic heterocycles. The van der Waals surface area contributed by atoms with E-state index in [4.69, 9.17) is 0 Å². The molecule has 0 saturated carbocycles. The van der Waals surface area contributed by atoms with Crippen molar-refractivity contribution in [3.63, 3.8) is 0 Å². The highest BCUT2D eigenvalue weighted by Crippen LogP contribution is 2.28. The molecule has 8 heteroatoms. The van der Waals surface area contributed by atoms with E-state index in [2.05, 4.69) is 40.4 Å². The molecule has 2 heterocycles. The van der Waals surface area contributed by atoms with Gasteiger partial charge in [-0.05, 0) is 26.3 Å². The lowest BCUT2D eigenvalue weighted by Crippen LogP contribution is -2.22. The van der Waals surface area contributed by atoms with Crippen LogP contribution < -0.4 is 5.32 Å². The summed E-state index contributed by atoms with van der Waals surface area (Å²) in [4.78, 5) is 16.4. The number of carbonyl (C=O) groups is 1. The maximum absolute atomic E-state index is 12.3. The third-order valence-electron chi connectivity index (χ3n) is 3.73. The smallest absolute Gasteiger partial charge is 0.239 e. The second kappa shape index (κ2) is 7.79. The van der Waals surface area contributed by atoms with Crippen LogP contribution in [0, 0.1) is 6.92 Å². The van der Waals surface area contributed by atoms with Gasteiger partial charge in [0, 0.05) is 23.7 Å². The number of aromatic nitrogens is 4. The summed E-state index contributed by atoms with van der Waals surface area (Å²) in [5.74, 6) is 0.735.